The second-order valence-corrected chi connectivity index (χ2v) is 5.79. The Labute approximate surface area is 131 Å². The standard InChI is InChI=1S/C16H16BrF2NO/c1-10(20)7-11-5-6-16(13(17)8-11)21-9-12-14(18)3-2-4-15(12)19/h2-6,8,10H,7,9,20H2,1H3. The van der Waals surface area contributed by atoms with Gasteiger partial charge in [-0.3, -0.25) is 0 Å². The highest BCUT2D eigenvalue weighted by molar-refractivity contribution is 9.10. The summed E-state index contributed by atoms with van der Waals surface area (Å²) < 4.78 is 33.3. The van der Waals surface area contributed by atoms with E-state index in [1.54, 1.807) is 6.07 Å². The molecule has 1 unspecified atom stereocenters. The highest BCUT2D eigenvalue weighted by Gasteiger charge is 2.10. The Morgan fingerprint density at radius 1 is 1.19 bits per heavy atom. The van der Waals surface area contributed by atoms with Crippen LogP contribution in [0.15, 0.2) is 40.9 Å². The third-order valence-corrected chi connectivity index (χ3v) is 3.61. The van der Waals surface area contributed by atoms with Gasteiger partial charge in [0, 0.05) is 6.04 Å². The maximum atomic E-state index is 13.5. The first-order valence-electron chi connectivity index (χ1n) is 6.57. The molecule has 0 aliphatic rings. The molecule has 0 saturated carbocycles. The topological polar surface area (TPSA) is 35.2 Å². The molecule has 0 amide bonds. The lowest BCUT2D eigenvalue weighted by Crippen LogP contribution is -2.17. The smallest absolute Gasteiger partial charge is 0.134 e. The predicted molar refractivity (Wildman–Crippen MR) is 82.2 cm³/mol. The molecule has 0 aliphatic heterocycles. The van der Waals surface area contributed by atoms with E-state index in [1.807, 2.05) is 19.1 Å². The zero-order valence-corrected chi connectivity index (χ0v) is 13.2. The Hall–Kier alpha value is -1.46. The summed E-state index contributed by atoms with van der Waals surface area (Å²) in [4.78, 5) is 0. The molecule has 0 saturated heterocycles. The summed E-state index contributed by atoms with van der Waals surface area (Å²) in [5, 5.41) is 0. The van der Waals surface area contributed by atoms with Gasteiger partial charge in [0.05, 0.1) is 10.0 Å². The molecule has 2 N–H and O–H groups in total. The molecule has 0 aromatic heterocycles. The van der Waals surface area contributed by atoms with Crippen LogP contribution >= 0.6 is 15.9 Å². The SMILES string of the molecule is CC(N)Cc1ccc(OCc2c(F)cccc2F)c(Br)c1. The predicted octanol–water partition coefficient (Wildman–Crippen LogP) is 4.20. The zero-order valence-electron chi connectivity index (χ0n) is 11.6. The van der Waals surface area contributed by atoms with Crippen LogP contribution in [0.25, 0.3) is 0 Å². The fourth-order valence-electron chi connectivity index (χ4n) is 1.98. The first kappa shape index (κ1) is 15.9. The molecule has 21 heavy (non-hydrogen) atoms. The summed E-state index contributed by atoms with van der Waals surface area (Å²) in [7, 11) is 0. The summed E-state index contributed by atoms with van der Waals surface area (Å²) >= 11 is 3.39. The van der Waals surface area contributed by atoms with Gasteiger partial charge in [0.1, 0.15) is 24.0 Å². The van der Waals surface area contributed by atoms with Crippen molar-refractivity contribution >= 4 is 15.9 Å². The number of ether oxygens (including phenoxy) is 1. The lowest BCUT2D eigenvalue weighted by molar-refractivity contribution is 0.290. The third-order valence-electron chi connectivity index (χ3n) is 2.99. The molecule has 0 aliphatic carbocycles. The van der Waals surface area contributed by atoms with Crippen molar-refractivity contribution < 1.29 is 13.5 Å². The van der Waals surface area contributed by atoms with Crippen LogP contribution in [0.4, 0.5) is 8.78 Å². The second-order valence-electron chi connectivity index (χ2n) is 4.94. The van der Waals surface area contributed by atoms with Gasteiger partial charge in [-0.25, -0.2) is 8.78 Å². The maximum Gasteiger partial charge on any atom is 0.134 e. The Kier molecular flexibility index (Phi) is 5.31. The van der Waals surface area contributed by atoms with Crippen LogP contribution in [-0.4, -0.2) is 6.04 Å². The van der Waals surface area contributed by atoms with Crippen molar-refractivity contribution in [1.82, 2.24) is 0 Å². The molecule has 112 valence electrons. The van der Waals surface area contributed by atoms with E-state index in [4.69, 9.17) is 10.5 Å². The summed E-state index contributed by atoms with van der Waals surface area (Å²) in [6.07, 6.45) is 0.751. The van der Waals surface area contributed by atoms with Crippen molar-refractivity contribution in [2.24, 2.45) is 5.73 Å². The van der Waals surface area contributed by atoms with Crippen molar-refractivity contribution in [3.63, 3.8) is 0 Å². The monoisotopic (exact) mass is 355 g/mol. The van der Waals surface area contributed by atoms with Crippen LogP contribution in [0, 0.1) is 11.6 Å². The van der Waals surface area contributed by atoms with Gasteiger partial charge in [0.15, 0.2) is 0 Å². The first-order valence-corrected chi connectivity index (χ1v) is 7.36. The third kappa shape index (κ3) is 4.25. The lowest BCUT2D eigenvalue weighted by Gasteiger charge is -2.12. The molecule has 2 nitrogen and oxygen atoms in total. The number of nitrogens with two attached hydrogens (primary N) is 1. The highest BCUT2D eigenvalue weighted by Crippen LogP contribution is 2.27. The van der Waals surface area contributed by atoms with Crippen LogP contribution in [0.3, 0.4) is 0 Å². The number of halogens is 3. The largest absolute Gasteiger partial charge is 0.488 e. The van der Waals surface area contributed by atoms with Gasteiger partial charge in [-0.2, -0.15) is 0 Å². The maximum absolute atomic E-state index is 13.5. The molecule has 2 aromatic carbocycles. The molecule has 0 fully saturated rings. The van der Waals surface area contributed by atoms with Crippen LogP contribution in [0.1, 0.15) is 18.1 Å². The Morgan fingerprint density at radius 3 is 2.43 bits per heavy atom. The molecule has 0 heterocycles. The van der Waals surface area contributed by atoms with E-state index < -0.39 is 11.6 Å². The van der Waals surface area contributed by atoms with Crippen LogP contribution in [-0.2, 0) is 13.0 Å². The Morgan fingerprint density at radius 2 is 1.86 bits per heavy atom. The minimum atomic E-state index is -0.611. The molecular weight excluding hydrogens is 340 g/mol. The number of hydrogen-bond donors (Lipinski definition) is 1. The van der Waals surface area contributed by atoms with Gasteiger partial charge in [-0.05, 0) is 59.1 Å². The molecule has 2 rings (SSSR count). The highest BCUT2D eigenvalue weighted by atomic mass is 79.9. The number of benzene rings is 2. The van der Waals surface area contributed by atoms with Crippen LogP contribution in [0.5, 0.6) is 5.75 Å². The zero-order chi connectivity index (χ0) is 15.4. The number of rotatable bonds is 5. The second kappa shape index (κ2) is 7.00. The molecule has 0 radical (unpaired) electrons. The molecule has 1 atom stereocenters. The van der Waals surface area contributed by atoms with Gasteiger partial charge < -0.3 is 10.5 Å². The van der Waals surface area contributed by atoms with E-state index in [1.165, 1.54) is 18.2 Å². The van der Waals surface area contributed by atoms with E-state index in [2.05, 4.69) is 15.9 Å². The van der Waals surface area contributed by atoms with E-state index >= 15 is 0 Å². The van der Waals surface area contributed by atoms with Crippen molar-refractivity contribution in [2.45, 2.75) is 26.0 Å². The Balaban J connectivity index is 2.10. The van der Waals surface area contributed by atoms with Gasteiger partial charge in [-0.1, -0.05) is 12.1 Å². The van der Waals surface area contributed by atoms with E-state index in [0.717, 1.165) is 16.5 Å². The quantitative estimate of drug-likeness (QED) is 0.872. The minimum Gasteiger partial charge on any atom is -0.488 e. The molecule has 2 aromatic rings. The van der Waals surface area contributed by atoms with E-state index in [-0.39, 0.29) is 18.2 Å². The van der Waals surface area contributed by atoms with Crippen LogP contribution < -0.4 is 10.5 Å². The van der Waals surface area contributed by atoms with Crippen molar-refractivity contribution in [3.8, 4) is 5.75 Å². The fourth-order valence-corrected chi connectivity index (χ4v) is 2.52. The van der Waals surface area contributed by atoms with Crippen molar-refractivity contribution in [1.29, 1.82) is 0 Å². The summed E-state index contributed by atoms with van der Waals surface area (Å²) in [5.41, 5.74) is 6.74. The van der Waals surface area contributed by atoms with Gasteiger partial charge >= 0.3 is 0 Å². The minimum absolute atomic E-state index is 0.0659. The van der Waals surface area contributed by atoms with Crippen LogP contribution in [0.2, 0.25) is 0 Å². The Bertz CT molecular complexity index is 611. The fraction of sp³-hybridized carbons (Fsp3) is 0.250. The first-order chi connectivity index (χ1) is 9.97. The normalized spacial score (nSPS) is 12.2. The van der Waals surface area contributed by atoms with Gasteiger partial charge in [0.2, 0.25) is 0 Å². The van der Waals surface area contributed by atoms with E-state index in [0.29, 0.717) is 5.75 Å². The average Bonchev–Trinajstić information content (AvgIpc) is 2.39. The molecule has 0 bridgehead atoms. The summed E-state index contributed by atoms with van der Waals surface area (Å²) in [5.74, 6) is -0.689. The summed E-state index contributed by atoms with van der Waals surface area (Å²) in [6.45, 7) is 1.77. The molecule has 5 heteroatoms. The molecular formula is C16H16BrF2NO. The average molecular weight is 356 g/mol. The number of hydrogen-bond acceptors (Lipinski definition) is 2. The van der Waals surface area contributed by atoms with E-state index in [9.17, 15) is 8.78 Å². The van der Waals surface area contributed by atoms with Crippen molar-refractivity contribution in [3.05, 3.63) is 63.6 Å². The molecule has 0 spiro atoms. The van der Waals surface area contributed by atoms with Gasteiger partial charge in [-0.15, -0.1) is 0 Å². The summed E-state index contributed by atoms with van der Waals surface area (Å²) in [6, 6.07) is 9.37. The van der Waals surface area contributed by atoms with Gasteiger partial charge in [0.25, 0.3) is 0 Å². The van der Waals surface area contributed by atoms with Crippen molar-refractivity contribution in [2.75, 3.05) is 0 Å². The lowest BCUT2D eigenvalue weighted by atomic mass is 10.1.